The summed E-state index contributed by atoms with van der Waals surface area (Å²) in [4.78, 5) is 13.2. The van der Waals surface area contributed by atoms with Crippen molar-refractivity contribution in [2.24, 2.45) is 0 Å². The fourth-order valence-electron chi connectivity index (χ4n) is 4.30. The van der Waals surface area contributed by atoms with Crippen molar-refractivity contribution in [1.82, 2.24) is 0 Å². The van der Waals surface area contributed by atoms with Crippen LogP contribution in [0.5, 0.6) is 5.75 Å². The minimum atomic E-state index is -4.46. The predicted octanol–water partition coefficient (Wildman–Crippen LogP) is 7.21. The van der Waals surface area contributed by atoms with Gasteiger partial charge in [0.2, 0.25) is 0 Å². The first-order valence-electron chi connectivity index (χ1n) is 11.0. The summed E-state index contributed by atoms with van der Waals surface area (Å²) in [7, 11) is 0. The second-order valence-corrected chi connectivity index (χ2v) is 10.1. The van der Waals surface area contributed by atoms with Crippen molar-refractivity contribution in [3.8, 4) is 5.75 Å². The lowest BCUT2D eigenvalue weighted by molar-refractivity contribution is -0.137. The summed E-state index contributed by atoms with van der Waals surface area (Å²) in [5.74, 6) is -0.0619. The molecule has 0 bridgehead atoms. The number of carbonyl (C=O) groups excluding carboxylic acids is 1. The van der Waals surface area contributed by atoms with Crippen LogP contribution >= 0.6 is 23.2 Å². The van der Waals surface area contributed by atoms with Gasteiger partial charge in [-0.15, -0.1) is 0 Å². The summed E-state index contributed by atoms with van der Waals surface area (Å²) >= 11 is 12.3. The third-order valence-corrected chi connectivity index (χ3v) is 6.44. The maximum absolute atomic E-state index is 13.2. The third kappa shape index (κ3) is 4.73. The molecule has 1 unspecified atom stereocenters. The number of amides is 1. The number of anilines is 4. The second kappa shape index (κ2) is 8.67. The van der Waals surface area contributed by atoms with Crippen LogP contribution in [0.15, 0.2) is 48.5 Å². The lowest BCUT2D eigenvalue weighted by Gasteiger charge is -2.18. The molecule has 0 spiro atoms. The fraction of sp³-hybridized carbons (Fsp3) is 0.240. The van der Waals surface area contributed by atoms with Crippen LogP contribution < -0.4 is 26.0 Å². The van der Waals surface area contributed by atoms with Crippen LogP contribution in [0.25, 0.3) is 0 Å². The van der Waals surface area contributed by atoms with E-state index < -0.39 is 29.5 Å². The Labute approximate surface area is 215 Å². The number of rotatable bonds is 4. The smallest absolute Gasteiger partial charge is 0.416 e. The molecule has 0 radical (unpaired) electrons. The standard InChI is InChI=1S/C25H21Cl2F3N4O2/c1-24(2)11-16-20-19(33-23(34-20)32-18-8-5-13(26)9-17(18)27)10-15(21(16)36-24)22(35)31-14-6-3-12(4-7-14)25(28,29)30/h3-10,23,32-34H,11H2,1-2H3,(H,31,35). The van der Waals surface area contributed by atoms with Gasteiger partial charge < -0.3 is 26.0 Å². The molecule has 3 aromatic rings. The van der Waals surface area contributed by atoms with E-state index >= 15 is 0 Å². The Morgan fingerprint density at radius 2 is 1.81 bits per heavy atom. The molecular formula is C25H21Cl2F3N4O2. The van der Waals surface area contributed by atoms with Crippen molar-refractivity contribution in [3.05, 3.63) is 75.3 Å². The van der Waals surface area contributed by atoms with Crippen molar-refractivity contribution in [1.29, 1.82) is 0 Å². The van der Waals surface area contributed by atoms with Crippen LogP contribution in [0.1, 0.15) is 35.3 Å². The molecule has 3 aromatic carbocycles. The quantitative estimate of drug-likeness (QED) is 0.283. The number of hydrogen-bond acceptors (Lipinski definition) is 5. The van der Waals surface area contributed by atoms with Crippen LogP contribution in [0.2, 0.25) is 10.0 Å². The highest BCUT2D eigenvalue weighted by Crippen LogP contribution is 2.48. The van der Waals surface area contributed by atoms with Gasteiger partial charge in [0.05, 0.1) is 33.2 Å². The Bertz CT molecular complexity index is 1360. The zero-order chi connectivity index (χ0) is 25.8. The molecule has 2 aliphatic heterocycles. The molecule has 0 saturated carbocycles. The lowest BCUT2D eigenvalue weighted by atomic mass is 9.97. The Balaban J connectivity index is 1.42. The Hall–Kier alpha value is -3.30. The number of nitrogens with one attached hydrogen (secondary N) is 4. The highest BCUT2D eigenvalue weighted by atomic mass is 35.5. The first-order valence-corrected chi connectivity index (χ1v) is 11.8. The van der Waals surface area contributed by atoms with Crippen molar-refractivity contribution in [2.45, 2.75) is 38.3 Å². The zero-order valence-electron chi connectivity index (χ0n) is 19.1. The van der Waals surface area contributed by atoms with E-state index in [4.69, 9.17) is 27.9 Å². The van der Waals surface area contributed by atoms with Crippen LogP contribution in [0.3, 0.4) is 0 Å². The SMILES string of the molecule is CC1(C)Cc2c3c(cc(C(=O)Nc4ccc(C(F)(F)F)cc4)c2O1)NC(Nc1ccc(Cl)cc1Cl)N3. The molecule has 0 saturated heterocycles. The number of carbonyl (C=O) groups is 1. The normalized spacial score (nSPS) is 17.4. The number of halogens is 5. The van der Waals surface area contributed by atoms with Gasteiger partial charge in [0.15, 0.2) is 6.29 Å². The molecule has 0 aromatic heterocycles. The second-order valence-electron chi connectivity index (χ2n) is 9.21. The van der Waals surface area contributed by atoms with Gasteiger partial charge in [-0.25, -0.2) is 0 Å². The van der Waals surface area contributed by atoms with Gasteiger partial charge in [-0.1, -0.05) is 23.2 Å². The third-order valence-electron chi connectivity index (χ3n) is 5.89. The van der Waals surface area contributed by atoms with Crippen LogP contribution in [0.4, 0.5) is 35.9 Å². The van der Waals surface area contributed by atoms with Gasteiger partial charge in [0.25, 0.3) is 5.91 Å². The van der Waals surface area contributed by atoms with Gasteiger partial charge in [0.1, 0.15) is 11.4 Å². The first kappa shape index (κ1) is 24.4. The van der Waals surface area contributed by atoms with Gasteiger partial charge in [-0.3, -0.25) is 4.79 Å². The van der Waals surface area contributed by atoms with E-state index in [-0.39, 0.29) is 11.3 Å². The minimum Gasteiger partial charge on any atom is -0.486 e. The first-order chi connectivity index (χ1) is 16.9. The van der Waals surface area contributed by atoms with Gasteiger partial charge >= 0.3 is 6.18 Å². The molecule has 0 fully saturated rings. The minimum absolute atomic E-state index is 0.238. The number of alkyl halides is 3. The van der Waals surface area contributed by atoms with E-state index in [9.17, 15) is 18.0 Å². The van der Waals surface area contributed by atoms with Gasteiger partial charge in [-0.05, 0) is 62.4 Å². The summed E-state index contributed by atoms with van der Waals surface area (Å²) in [5.41, 5.74) is 2.13. The molecule has 2 aliphatic rings. The highest BCUT2D eigenvalue weighted by Gasteiger charge is 2.39. The Kier molecular flexibility index (Phi) is 5.88. The number of ether oxygens (including phenoxy) is 1. The summed E-state index contributed by atoms with van der Waals surface area (Å²) in [5, 5.41) is 13.5. The van der Waals surface area contributed by atoms with Crippen molar-refractivity contribution < 1.29 is 22.7 Å². The summed E-state index contributed by atoms with van der Waals surface area (Å²) in [6, 6.07) is 11.0. The average molecular weight is 537 g/mol. The number of fused-ring (bicyclic) bond motifs is 3. The molecule has 188 valence electrons. The Morgan fingerprint density at radius 1 is 1.08 bits per heavy atom. The summed E-state index contributed by atoms with van der Waals surface area (Å²) in [6.45, 7) is 3.84. The monoisotopic (exact) mass is 536 g/mol. The van der Waals surface area contributed by atoms with E-state index in [2.05, 4.69) is 21.3 Å². The Morgan fingerprint density at radius 3 is 2.47 bits per heavy atom. The molecule has 5 rings (SSSR count). The molecule has 2 heterocycles. The van der Waals surface area contributed by atoms with Crippen LogP contribution in [-0.2, 0) is 12.6 Å². The molecule has 11 heteroatoms. The van der Waals surface area contributed by atoms with E-state index in [1.54, 1.807) is 24.3 Å². The highest BCUT2D eigenvalue weighted by molar-refractivity contribution is 6.36. The molecule has 4 N–H and O–H groups in total. The summed E-state index contributed by atoms with van der Waals surface area (Å²) in [6.07, 6.45) is -4.34. The average Bonchev–Trinajstić information content (AvgIpc) is 3.33. The van der Waals surface area contributed by atoms with Gasteiger partial charge in [-0.2, -0.15) is 13.2 Å². The maximum atomic E-state index is 13.2. The van der Waals surface area contributed by atoms with Gasteiger partial charge in [0, 0.05) is 22.7 Å². The fourth-order valence-corrected chi connectivity index (χ4v) is 4.77. The van der Waals surface area contributed by atoms with Crippen molar-refractivity contribution in [3.63, 3.8) is 0 Å². The number of benzene rings is 3. The molecule has 1 atom stereocenters. The zero-order valence-corrected chi connectivity index (χ0v) is 20.6. The summed E-state index contributed by atoms with van der Waals surface area (Å²) < 4.78 is 44.7. The lowest BCUT2D eigenvalue weighted by Crippen LogP contribution is -2.31. The van der Waals surface area contributed by atoms with E-state index in [0.717, 1.165) is 23.4 Å². The predicted molar refractivity (Wildman–Crippen MR) is 135 cm³/mol. The van der Waals surface area contributed by atoms with Crippen molar-refractivity contribution >= 4 is 51.9 Å². The molecule has 1 amide bonds. The van der Waals surface area contributed by atoms with E-state index in [1.807, 2.05) is 13.8 Å². The van der Waals surface area contributed by atoms with E-state index in [0.29, 0.717) is 33.6 Å². The maximum Gasteiger partial charge on any atom is 0.416 e. The van der Waals surface area contributed by atoms with E-state index in [1.165, 1.54) is 12.1 Å². The largest absolute Gasteiger partial charge is 0.486 e. The van der Waals surface area contributed by atoms with Crippen LogP contribution in [0, 0.1) is 0 Å². The molecule has 36 heavy (non-hydrogen) atoms. The molecule has 0 aliphatic carbocycles. The molecule has 6 nitrogen and oxygen atoms in total. The molecular weight excluding hydrogens is 516 g/mol. The van der Waals surface area contributed by atoms with Crippen LogP contribution in [-0.4, -0.2) is 17.8 Å². The van der Waals surface area contributed by atoms with Crippen molar-refractivity contribution in [2.75, 3.05) is 21.3 Å². The topological polar surface area (TPSA) is 74.4 Å². The number of hydrogen-bond donors (Lipinski definition) is 4.